The van der Waals surface area contributed by atoms with E-state index < -0.39 is 6.04 Å². The maximum atomic E-state index is 12.0. The van der Waals surface area contributed by atoms with Crippen LogP contribution >= 0.6 is 0 Å². The Hall–Kier alpha value is -1.92. The standard InChI is InChI=1S/C12H18N4O3/c1-8(12(19)16-6-2-3-7-16)13-11(18)9-4-5-10(17)15-14-9/h8H,2-7H2,1H3,(H,13,18)(H,15,17). The number of rotatable bonds is 3. The predicted molar refractivity (Wildman–Crippen MR) is 68.2 cm³/mol. The van der Waals surface area contributed by atoms with Gasteiger partial charge in [-0.1, -0.05) is 0 Å². The fourth-order valence-electron chi connectivity index (χ4n) is 2.19. The summed E-state index contributed by atoms with van der Waals surface area (Å²) in [6.45, 7) is 3.19. The normalized spacial score (nSPS) is 20.6. The van der Waals surface area contributed by atoms with Gasteiger partial charge in [-0.2, -0.15) is 5.10 Å². The highest BCUT2D eigenvalue weighted by molar-refractivity contribution is 6.39. The zero-order valence-electron chi connectivity index (χ0n) is 10.9. The topological polar surface area (TPSA) is 90.9 Å². The van der Waals surface area contributed by atoms with Crippen LogP contribution in [0.1, 0.15) is 32.6 Å². The van der Waals surface area contributed by atoms with E-state index in [1.165, 1.54) is 0 Å². The number of likely N-dealkylation sites (tertiary alicyclic amines) is 1. The van der Waals surface area contributed by atoms with Crippen molar-refractivity contribution in [2.75, 3.05) is 13.1 Å². The molecule has 3 amide bonds. The number of hydrogen-bond donors (Lipinski definition) is 2. The highest BCUT2D eigenvalue weighted by atomic mass is 16.2. The van der Waals surface area contributed by atoms with Gasteiger partial charge in [-0.25, -0.2) is 5.43 Å². The van der Waals surface area contributed by atoms with Gasteiger partial charge in [-0.15, -0.1) is 0 Å². The number of nitrogens with one attached hydrogen (secondary N) is 2. The zero-order chi connectivity index (χ0) is 13.8. The molecular weight excluding hydrogens is 248 g/mol. The lowest BCUT2D eigenvalue weighted by molar-refractivity contribution is -0.134. The summed E-state index contributed by atoms with van der Waals surface area (Å²) in [5.41, 5.74) is 2.53. The molecule has 2 aliphatic rings. The van der Waals surface area contributed by atoms with Crippen LogP contribution in [-0.2, 0) is 14.4 Å². The summed E-state index contributed by atoms with van der Waals surface area (Å²) in [7, 11) is 0. The van der Waals surface area contributed by atoms with Crippen LogP contribution in [0, 0.1) is 0 Å². The molecule has 1 fully saturated rings. The SMILES string of the molecule is CC(NC(=O)C1=NNC(=O)CC1)C(=O)N1CCCC1. The van der Waals surface area contributed by atoms with Crippen LogP contribution in [0.25, 0.3) is 0 Å². The van der Waals surface area contributed by atoms with Gasteiger partial charge in [-0.05, 0) is 19.8 Å². The minimum atomic E-state index is -0.564. The third-order valence-electron chi connectivity index (χ3n) is 3.30. The predicted octanol–water partition coefficient (Wildman–Crippen LogP) is -0.620. The second-order valence-electron chi connectivity index (χ2n) is 4.82. The van der Waals surface area contributed by atoms with Gasteiger partial charge in [0.1, 0.15) is 11.8 Å². The van der Waals surface area contributed by atoms with Gasteiger partial charge in [0, 0.05) is 25.9 Å². The Kier molecular flexibility index (Phi) is 4.13. The number of amides is 3. The van der Waals surface area contributed by atoms with Crippen LogP contribution in [-0.4, -0.2) is 47.5 Å². The van der Waals surface area contributed by atoms with Gasteiger partial charge in [0.15, 0.2) is 0 Å². The second kappa shape index (κ2) is 5.81. The van der Waals surface area contributed by atoms with E-state index in [0.717, 1.165) is 25.9 Å². The minimum Gasteiger partial charge on any atom is -0.341 e. The summed E-state index contributed by atoms with van der Waals surface area (Å²) >= 11 is 0. The Balaban J connectivity index is 1.87. The molecule has 0 spiro atoms. The van der Waals surface area contributed by atoms with Crippen molar-refractivity contribution < 1.29 is 14.4 Å². The molecule has 0 aromatic carbocycles. The molecule has 1 unspecified atom stereocenters. The van der Waals surface area contributed by atoms with Gasteiger partial charge in [0.05, 0.1) is 0 Å². The van der Waals surface area contributed by atoms with E-state index in [1.54, 1.807) is 11.8 Å². The van der Waals surface area contributed by atoms with Crippen LogP contribution in [0.15, 0.2) is 5.10 Å². The summed E-state index contributed by atoms with van der Waals surface area (Å²) in [5.74, 6) is -0.649. The monoisotopic (exact) mass is 266 g/mol. The van der Waals surface area contributed by atoms with Gasteiger partial charge in [-0.3, -0.25) is 14.4 Å². The highest BCUT2D eigenvalue weighted by Gasteiger charge is 2.26. The average molecular weight is 266 g/mol. The maximum Gasteiger partial charge on any atom is 0.268 e. The van der Waals surface area contributed by atoms with E-state index in [4.69, 9.17) is 0 Å². The molecule has 2 N–H and O–H groups in total. The van der Waals surface area contributed by atoms with Crippen molar-refractivity contribution in [3.8, 4) is 0 Å². The van der Waals surface area contributed by atoms with Gasteiger partial charge in [0.2, 0.25) is 11.8 Å². The van der Waals surface area contributed by atoms with Gasteiger partial charge in [0.25, 0.3) is 5.91 Å². The van der Waals surface area contributed by atoms with Crippen LogP contribution in [0.4, 0.5) is 0 Å². The summed E-state index contributed by atoms with van der Waals surface area (Å²) in [5, 5.41) is 6.33. The molecule has 0 bridgehead atoms. The van der Waals surface area contributed by atoms with E-state index in [-0.39, 0.29) is 29.9 Å². The number of carbonyl (C=O) groups is 3. The van der Waals surface area contributed by atoms with E-state index in [2.05, 4.69) is 15.8 Å². The van der Waals surface area contributed by atoms with E-state index >= 15 is 0 Å². The van der Waals surface area contributed by atoms with Gasteiger partial charge < -0.3 is 10.2 Å². The first-order valence-corrected chi connectivity index (χ1v) is 6.53. The quantitative estimate of drug-likeness (QED) is 0.713. The molecule has 7 nitrogen and oxygen atoms in total. The smallest absolute Gasteiger partial charge is 0.268 e. The van der Waals surface area contributed by atoms with Crippen LogP contribution in [0.5, 0.6) is 0 Å². The Morgan fingerprint density at radius 3 is 2.58 bits per heavy atom. The number of hydrazone groups is 1. The molecule has 2 rings (SSSR count). The van der Waals surface area contributed by atoms with Crippen molar-refractivity contribution in [2.45, 2.75) is 38.6 Å². The molecule has 0 aliphatic carbocycles. The summed E-state index contributed by atoms with van der Waals surface area (Å²) in [6, 6.07) is -0.564. The van der Waals surface area contributed by atoms with Crippen molar-refractivity contribution >= 4 is 23.4 Å². The van der Waals surface area contributed by atoms with E-state index in [1.807, 2.05) is 0 Å². The molecule has 104 valence electrons. The van der Waals surface area contributed by atoms with Crippen LogP contribution < -0.4 is 10.7 Å². The lowest BCUT2D eigenvalue weighted by Crippen LogP contribution is -2.48. The zero-order valence-corrected chi connectivity index (χ0v) is 10.9. The van der Waals surface area contributed by atoms with Crippen molar-refractivity contribution in [1.29, 1.82) is 0 Å². The third-order valence-corrected chi connectivity index (χ3v) is 3.30. The molecule has 1 saturated heterocycles. The van der Waals surface area contributed by atoms with Crippen molar-refractivity contribution in [3.05, 3.63) is 0 Å². The first-order valence-electron chi connectivity index (χ1n) is 6.53. The molecule has 0 aromatic heterocycles. The molecule has 2 aliphatic heterocycles. The van der Waals surface area contributed by atoms with E-state index in [0.29, 0.717) is 6.42 Å². The lowest BCUT2D eigenvalue weighted by Gasteiger charge is -2.21. The molecule has 2 heterocycles. The third kappa shape index (κ3) is 3.30. The molecule has 7 heteroatoms. The number of nitrogens with zero attached hydrogens (tertiary/aromatic N) is 2. The summed E-state index contributed by atoms with van der Waals surface area (Å²) < 4.78 is 0. The molecule has 1 atom stereocenters. The average Bonchev–Trinajstić information content (AvgIpc) is 2.92. The molecule has 0 aromatic rings. The first kappa shape index (κ1) is 13.5. The number of carbonyl (C=O) groups excluding carboxylic acids is 3. The fourth-order valence-corrected chi connectivity index (χ4v) is 2.19. The van der Waals surface area contributed by atoms with Crippen molar-refractivity contribution in [3.63, 3.8) is 0 Å². The Morgan fingerprint density at radius 1 is 1.32 bits per heavy atom. The lowest BCUT2D eigenvalue weighted by atomic mass is 10.1. The molecule has 0 radical (unpaired) electrons. The molecular formula is C12H18N4O3. The maximum absolute atomic E-state index is 12.0. The van der Waals surface area contributed by atoms with Crippen LogP contribution in [0.2, 0.25) is 0 Å². The summed E-state index contributed by atoms with van der Waals surface area (Å²) in [4.78, 5) is 36.6. The molecule has 19 heavy (non-hydrogen) atoms. The Bertz CT molecular complexity index is 427. The Morgan fingerprint density at radius 2 is 2.00 bits per heavy atom. The first-order chi connectivity index (χ1) is 9.08. The van der Waals surface area contributed by atoms with Crippen LogP contribution in [0.3, 0.4) is 0 Å². The molecule has 0 saturated carbocycles. The van der Waals surface area contributed by atoms with Crippen molar-refractivity contribution in [2.24, 2.45) is 5.10 Å². The largest absolute Gasteiger partial charge is 0.341 e. The number of hydrogen-bond acceptors (Lipinski definition) is 4. The van der Waals surface area contributed by atoms with E-state index in [9.17, 15) is 14.4 Å². The Labute approximate surface area is 111 Å². The van der Waals surface area contributed by atoms with Gasteiger partial charge >= 0.3 is 0 Å². The summed E-state index contributed by atoms with van der Waals surface area (Å²) in [6.07, 6.45) is 2.60. The minimum absolute atomic E-state index is 0.0636. The van der Waals surface area contributed by atoms with Crippen molar-refractivity contribution in [1.82, 2.24) is 15.6 Å². The second-order valence-corrected chi connectivity index (χ2v) is 4.82. The fraction of sp³-hybridized carbons (Fsp3) is 0.667. The highest BCUT2D eigenvalue weighted by Crippen LogP contribution is 2.09.